The molecule has 1 amide bonds. The van der Waals surface area contributed by atoms with E-state index in [9.17, 15) is 18.0 Å². The van der Waals surface area contributed by atoms with Crippen molar-refractivity contribution in [3.63, 3.8) is 0 Å². The zero-order chi connectivity index (χ0) is 17.0. The smallest absolute Gasteiger partial charge is 0.348 e. The topological polar surface area (TPSA) is 46.9 Å². The molecule has 0 radical (unpaired) electrons. The molecule has 0 fully saturated rings. The predicted molar refractivity (Wildman–Crippen MR) is 79.9 cm³/mol. The first-order valence-corrected chi connectivity index (χ1v) is 7.33. The van der Waals surface area contributed by atoms with Gasteiger partial charge in [0.2, 0.25) is 5.91 Å². The Morgan fingerprint density at radius 2 is 2.13 bits per heavy atom. The van der Waals surface area contributed by atoms with Crippen LogP contribution in [0.5, 0.6) is 0 Å². The predicted octanol–water partition coefficient (Wildman–Crippen LogP) is 3.82. The molecule has 23 heavy (non-hydrogen) atoms. The van der Waals surface area contributed by atoms with E-state index in [1.165, 1.54) is 0 Å². The van der Waals surface area contributed by atoms with Crippen molar-refractivity contribution in [2.45, 2.75) is 32.1 Å². The summed E-state index contributed by atoms with van der Waals surface area (Å²) < 4.78 is 38.4. The Morgan fingerprint density at radius 1 is 1.39 bits per heavy atom. The molecule has 1 aromatic heterocycles. The average molecular weight is 346 g/mol. The lowest BCUT2D eigenvalue weighted by Gasteiger charge is -2.17. The molecule has 0 saturated heterocycles. The summed E-state index contributed by atoms with van der Waals surface area (Å²) in [5.41, 5.74) is -0.183. The Kier molecular flexibility index (Phi) is 5.30. The maximum absolute atomic E-state index is 12.5. The summed E-state index contributed by atoms with van der Waals surface area (Å²) in [6, 6.07) is 7.64. The molecule has 1 unspecified atom stereocenters. The molecule has 1 N–H and O–H groups in total. The number of carbonyl (C=O) groups is 1. The highest BCUT2D eigenvalue weighted by Gasteiger charge is 2.33. The van der Waals surface area contributed by atoms with Gasteiger partial charge in [0.15, 0.2) is 5.69 Å². The van der Waals surface area contributed by atoms with Crippen molar-refractivity contribution in [3.05, 3.63) is 52.8 Å². The third-order valence-corrected chi connectivity index (χ3v) is 3.47. The van der Waals surface area contributed by atoms with Gasteiger partial charge in [0, 0.05) is 11.2 Å². The molecule has 0 aliphatic heterocycles. The van der Waals surface area contributed by atoms with Crippen LogP contribution in [-0.4, -0.2) is 15.7 Å². The Morgan fingerprint density at radius 3 is 2.70 bits per heavy atom. The molecule has 4 nitrogen and oxygen atoms in total. The van der Waals surface area contributed by atoms with E-state index >= 15 is 0 Å². The molecule has 8 heteroatoms. The summed E-state index contributed by atoms with van der Waals surface area (Å²) in [4.78, 5) is 12.0. The number of aromatic nitrogens is 2. The minimum Gasteiger partial charge on any atom is -0.348 e. The molecule has 0 spiro atoms. The summed E-state index contributed by atoms with van der Waals surface area (Å²) in [5.74, 6) is -0.423. The summed E-state index contributed by atoms with van der Waals surface area (Å²) in [7, 11) is 0. The number of amides is 1. The van der Waals surface area contributed by atoms with Crippen LogP contribution in [0.4, 0.5) is 13.2 Å². The monoisotopic (exact) mass is 345 g/mol. The molecular weight excluding hydrogens is 331 g/mol. The van der Waals surface area contributed by atoms with Crippen LogP contribution >= 0.6 is 11.6 Å². The molecular formula is C15H15ClF3N3O. The van der Waals surface area contributed by atoms with Gasteiger partial charge in [-0.25, -0.2) is 0 Å². The van der Waals surface area contributed by atoms with Gasteiger partial charge in [-0.15, -0.1) is 0 Å². The molecule has 0 bridgehead atoms. The SMILES string of the molecule is CCC(NC(=O)Cn1ccc(C(F)(F)F)n1)c1cccc(Cl)c1. The fourth-order valence-corrected chi connectivity index (χ4v) is 2.33. The van der Waals surface area contributed by atoms with Gasteiger partial charge in [-0.2, -0.15) is 18.3 Å². The summed E-state index contributed by atoms with van der Waals surface area (Å²) in [5, 5.41) is 6.67. The fraction of sp³-hybridized carbons (Fsp3) is 0.333. The van der Waals surface area contributed by atoms with Crippen LogP contribution in [0.1, 0.15) is 30.6 Å². The quantitative estimate of drug-likeness (QED) is 0.895. The van der Waals surface area contributed by atoms with Crippen molar-refractivity contribution in [2.75, 3.05) is 0 Å². The molecule has 1 aromatic carbocycles. The number of halogens is 4. The van der Waals surface area contributed by atoms with Crippen molar-refractivity contribution < 1.29 is 18.0 Å². The molecule has 1 atom stereocenters. The lowest BCUT2D eigenvalue weighted by atomic mass is 10.0. The standard InChI is InChI=1S/C15H15ClF3N3O/c1-2-12(10-4-3-5-11(16)8-10)20-14(23)9-22-7-6-13(21-22)15(17,18)19/h3-8,12H,2,9H2,1H3,(H,20,23). The minimum atomic E-state index is -4.52. The van der Waals surface area contributed by atoms with Crippen molar-refractivity contribution in [1.82, 2.24) is 15.1 Å². The van der Waals surface area contributed by atoms with Gasteiger partial charge >= 0.3 is 6.18 Å². The molecule has 124 valence electrons. The van der Waals surface area contributed by atoms with Gasteiger partial charge in [-0.05, 0) is 30.2 Å². The summed E-state index contributed by atoms with van der Waals surface area (Å²) in [6.45, 7) is 1.61. The largest absolute Gasteiger partial charge is 0.435 e. The first-order chi connectivity index (χ1) is 10.8. The first-order valence-electron chi connectivity index (χ1n) is 6.95. The highest BCUT2D eigenvalue weighted by atomic mass is 35.5. The second-order valence-corrected chi connectivity index (χ2v) is 5.42. The van der Waals surface area contributed by atoms with E-state index in [1.54, 1.807) is 18.2 Å². The number of carbonyl (C=O) groups excluding carboxylic acids is 1. The second-order valence-electron chi connectivity index (χ2n) is 4.98. The summed E-state index contributed by atoms with van der Waals surface area (Å²) >= 11 is 5.92. The maximum atomic E-state index is 12.5. The lowest BCUT2D eigenvalue weighted by molar-refractivity contribution is -0.141. The number of alkyl halides is 3. The molecule has 0 saturated carbocycles. The van der Waals surface area contributed by atoms with Crippen molar-refractivity contribution in [2.24, 2.45) is 0 Å². The van der Waals surface area contributed by atoms with Crippen LogP contribution in [-0.2, 0) is 17.5 Å². The van der Waals surface area contributed by atoms with Gasteiger partial charge in [0.25, 0.3) is 0 Å². The van der Waals surface area contributed by atoms with Crippen molar-refractivity contribution >= 4 is 17.5 Å². The molecule has 2 rings (SSSR count). The van der Waals surface area contributed by atoms with Crippen molar-refractivity contribution in [1.29, 1.82) is 0 Å². The zero-order valence-electron chi connectivity index (χ0n) is 12.3. The van der Waals surface area contributed by atoms with E-state index in [2.05, 4.69) is 10.4 Å². The number of rotatable bonds is 5. The zero-order valence-corrected chi connectivity index (χ0v) is 13.0. The third kappa shape index (κ3) is 4.72. The maximum Gasteiger partial charge on any atom is 0.435 e. The Hall–Kier alpha value is -2.02. The van der Waals surface area contributed by atoms with Crippen LogP contribution in [0.15, 0.2) is 36.5 Å². The van der Waals surface area contributed by atoms with E-state index < -0.39 is 17.8 Å². The van der Waals surface area contributed by atoms with Gasteiger partial charge < -0.3 is 5.32 Å². The van der Waals surface area contributed by atoms with E-state index in [0.717, 1.165) is 22.5 Å². The van der Waals surface area contributed by atoms with Crippen molar-refractivity contribution in [3.8, 4) is 0 Å². The second kappa shape index (κ2) is 7.04. The lowest BCUT2D eigenvalue weighted by Crippen LogP contribution is -2.31. The average Bonchev–Trinajstić information content (AvgIpc) is 2.93. The van der Waals surface area contributed by atoms with Crippen LogP contribution in [0, 0.1) is 0 Å². The van der Waals surface area contributed by atoms with Crippen LogP contribution < -0.4 is 5.32 Å². The highest BCUT2D eigenvalue weighted by Crippen LogP contribution is 2.27. The molecule has 1 heterocycles. The van der Waals surface area contributed by atoms with E-state index in [1.807, 2.05) is 13.0 Å². The van der Waals surface area contributed by atoms with E-state index in [4.69, 9.17) is 11.6 Å². The Bertz CT molecular complexity index is 685. The molecule has 0 aliphatic rings. The van der Waals surface area contributed by atoms with Gasteiger partial charge in [-0.3, -0.25) is 9.48 Å². The summed E-state index contributed by atoms with van der Waals surface area (Å²) in [6.07, 6.45) is -2.77. The minimum absolute atomic E-state index is 0.265. The van der Waals surface area contributed by atoms with Gasteiger partial charge in [-0.1, -0.05) is 30.7 Å². The Balaban J connectivity index is 2.02. The normalized spacial score (nSPS) is 12.9. The Labute approximate surface area is 136 Å². The molecule has 0 aliphatic carbocycles. The molecule has 2 aromatic rings. The highest BCUT2D eigenvalue weighted by molar-refractivity contribution is 6.30. The van der Waals surface area contributed by atoms with Gasteiger partial charge in [0.05, 0.1) is 6.04 Å². The number of nitrogens with one attached hydrogen (secondary N) is 1. The number of hydrogen-bond donors (Lipinski definition) is 1. The van der Waals surface area contributed by atoms with E-state index in [-0.39, 0.29) is 12.6 Å². The fourth-order valence-electron chi connectivity index (χ4n) is 2.13. The first kappa shape index (κ1) is 17.3. The van der Waals surface area contributed by atoms with Crippen LogP contribution in [0.3, 0.4) is 0 Å². The third-order valence-electron chi connectivity index (χ3n) is 3.23. The van der Waals surface area contributed by atoms with Gasteiger partial charge in [0.1, 0.15) is 6.54 Å². The van der Waals surface area contributed by atoms with Crippen LogP contribution in [0.2, 0.25) is 5.02 Å². The van der Waals surface area contributed by atoms with Crippen LogP contribution in [0.25, 0.3) is 0 Å². The number of hydrogen-bond acceptors (Lipinski definition) is 2. The number of nitrogens with zero attached hydrogens (tertiary/aromatic N) is 2. The number of benzene rings is 1. The van der Waals surface area contributed by atoms with E-state index in [0.29, 0.717) is 11.4 Å².